The predicted octanol–water partition coefficient (Wildman–Crippen LogP) is 3.27. The molecule has 1 saturated carbocycles. The number of nitrogens with one attached hydrogen (secondary N) is 2. The minimum Gasteiger partial charge on any atom is -0.385 e. The molecule has 0 saturated heterocycles. The van der Waals surface area contributed by atoms with Crippen molar-refractivity contribution in [2.24, 2.45) is 0 Å². The van der Waals surface area contributed by atoms with E-state index in [1.807, 2.05) is 19.9 Å². The van der Waals surface area contributed by atoms with Crippen LogP contribution in [0.2, 0.25) is 0 Å². The van der Waals surface area contributed by atoms with Gasteiger partial charge in [0.25, 0.3) is 5.91 Å². The first kappa shape index (κ1) is 14.8. The second kappa shape index (κ2) is 7.27. The van der Waals surface area contributed by atoms with Gasteiger partial charge in [0, 0.05) is 24.5 Å². The molecule has 2 rings (SSSR count). The second-order valence-corrected chi connectivity index (χ2v) is 5.56. The van der Waals surface area contributed by atoms with Crippen LogP contribution in [0.5, 0.6) is 0 Å². The first-order valence-corrected chi connectivity index (χ1v) is 7.72. The Balaban J connectivity index is 2.07. The molecule has 4 heteroatoms. The van der Waals surface area contributed by atoms with Crippen LogP contribution >= 0.6 is 0 Å². The van der Waals surface area contributed by atoms with E-state index in [0.29, 0.717) is 11.6 Å². The lowest BCUT2D eigenvalue weighted by atomic mass is 10.1. The maximum atomic E-state index is 12.4. The molecule has 1 aliphatic carbocycles. The smallest absolute Gasteiger partial charge is 0.255 e. The largest absolute Gasteiger partial charge is 0.385 e. The van der Waals surface area contributed by atoms with Crippen LogP contribution < -0.4 is 10.6 Å². The third-order valence-electron chi connectivity index (χ3n) is 3.84. The molecular weight excluding hydrogens is 250 g/mol. The fourth-order valence-corrected chi connectivity index (χ4v) is 2.76. The summed E-state index contributed by atoms with van der Waals surface area (Å²) in [6.45, 7) is 4.77. The minimum atomic E-state index is 0.000324. The molecule has 110 valence electrons. The van der Waals surface area contributed by atoms with Gasteiger partial charge in [0.2, 0.25) is 0 Å². The Morgan fingerprint density at radius 3 is 2.65 bits per heavy atom. The molecule has 2 N–H and O–H groups in total. The third-order valence-corrected chi connectivity index (χ3v) is 3.84. The number of carbonyl (C=O) groups is 1. The van der Waals surface area contributed by atoms with Gasteiger partial charge in [-0.1, -0.05) is 25.7 Å². The summed E-state index contributed by atoms with van der Waals surface area (Å²) < 4.78 is 0. The molecule has 0 aliphatic heterocycles. The lowest BCUT2D eigenvalue weighted by molar-refractivity contribution is 0.0934. The van der Waals surface area contributed by atoms with E-state index >= 15 is 0 Å². The van der Waals surface area contributed by atoms with Gasteiger partial charge in [-0.2, -0.15) is 0 Å². The van der Waals surface area contributed by atoms with Gasteiger partial charge in [-0.3, -0.25) is 9.78 Å². The summed E-state index contributed by atoms with van der Waals surface area (Å²) in [6.07, 6.45) is 8.90. The fraction of sp³-hybridized carbons (Fsp3) is 0.625. The first-order valence-electron chi connectivity index (χ1n) is 7.72. The normalized spacial score (nSPS) is 16.5. The van der Waals surface area contributed by atoms with E-state index in [2.05, 4.69) is 15.6 Å². The van der Waals surface area contributed by atoms with Crippen molar-refractivity contribution in [1.82, 2.24) is 10.3 Å². The quantitative estimate of drug-likeness (QED) is 0.829. The summed E-state index contributed by atoms with van der Waals surface area (Å²) in [4.78, 5) is 16.7. The number of aromatic nitrogens is 1. The van der Waals surface area contributed by atoms with Crippen LogP contribution in [0, 0.1) is 6.92 Å². The van der Waals surface area contributed by atoms with Gasteiger partial charge in [-0.25, -0.2) is 0 Å². The van der Waals surface area contributed by atoms with E-state index in [1.54, 1.807) is 6.20 Å². The van der Waals surface area contributed by atoms with Crippen LogP contribution in [0.25, 0.3) is 0 Å². The number of hydrogen-bond donors (Lipinski definition) is 2. The van der Waals surface area contributed by atoms with Gasteiger partial charge < -0.3 is 10.6 Å². The summed E-state index contributed by atoms with van der Waals surface area (Å²) in [5.41, 5.74) is 2.46. The van der Waals surface area contributed by atoms with Crippen molar-refractivity contribution >= 4 is 11.6 Å². The molecule has 1 aliphatic rings. The molecule has 1 heterocycles. The summed E-state index contributed by atoms with van der Waals surface area (Å²) in [6, 6.07) is 2.26. The first-order chi connectivity index (χ1) is 9.70. The highest BCUT2D eigenvalue weighted by molar-refractivity contribution is 5.99. The van der Waals surface area contributed by atoms with E-state index in [4.69, 9.17) is 0 Å². The zero-order valence-corrected chi connectivity index (χ0v) is 12.5. The molecule has 0 aromatic carbocycles. The number of hydrogen-bond acceptors (Lipinski definition) is 3. The highest BCUT2D eigenvalue weighted by atomic mass is 16.1. The summed E-state index contributed by atoms with van der Waals surface area (Å²) in [7, 11) is 0. The zero-order valence-electron chi connectivity index (χ0n) is 12.5. The average Bonchev–Trinajstić information content (AvgIpc) is 2.68. The molecule has 1 aromatic rings. The van der Waals surface area contributed by atoms with Crippen molar-refractivity contribution in [2.45, 2.75) is 58.4 Å². The van der Waals surface area contributed by atoms with E-state index in [0.717, 1.165) is 30.8 Å². The predicted molar refractivity (Wildman–Crippen MR) is 82.1 cm³/mol. The van der Waals surface area contributed by atoms with Crippen molar-refractivity contribution in [3.05, 3.63) is 23.5 Å². The molecule has 0 bridgehead atoms. The molecule has 1 aromatic heterocycles. The lowest BCUT2D eigenvalue weighted by Crippen LogP contribution is -2.34. The van der Waals surface area contributed by atoms with Gasteiger partial charge in [0.05, 0.1) is 11.3 Å². The van der Waals surface area contributed by atoms with Crippen molar-refractivity contribution in [3.63, 3.8) is 0 Å². The highest BCUT2D eigenvalue weighted by Gasteiger charge is 2.18. The Morgan fingerprint density at radius 1 is 1.30 bits per heavy atom. The molecule has 0 atom stereocenters. The van der Waals surface area contributed by atoms with Crippen LogP contribution in [0.4, 0.5) is 5.69 Å². The molecule has 0 unspecified atom stereocenters. The maximum absolute atomic E-state index is 12.4. The molecule has 4 nitrogen and oxygen atoms in total. The Kier molecular flexibility index (Phi) is 5.39. The van der Waals surface area contributed by atoms with Crippen LogP contribution in [0.15, 0.2) is 12.3 Å². The van der Waals surface area contributed by atoms with Gasteiger partial charge >= 0.3 is 0 Å². The number of aryl methyl sites for hydroxylation is 1. The highest BCUT2D eigenvalue weighted by Crippen LogP contribution is 2.19. The molecule has 20 heavy (non-hydrogen) atoms. The Hall–Kier alpha value is -1.58. The average molecular weight is 275 g/mol. The molecule has 0 spiro atoms. The number of nitrogens with zero attached hydrogens (tertiary/aromatic N) is 1. The van der Waals surface area contributed by atoms with Gasteiger partial charge in [-0.15, -0.1) is 0 Å². The second-order valence-electron chi connectivity index (χ2n) is 5.56. The monoisotopic (exact) mass is 275 g/mol. The fourth-order valence-electron chi connectivity index (χ4n) is 2.76. The number of carbonyl (C=O) groups excluding carboxylic acids is 1. The lowest BCUT2D eigenvalue weighted by Gasteiger charge is -2.18. The molecule has 1 fully saturated rings. The number of amides is 1. The number of pyridine rings is 1. The Labute approximate surface area is 121 Å². The van der Waals surface area contributed by atoms with Crippen molar-refractivity contribution in [2.75, 3.05) is 11.9 Å². The van der Waals surface area contributed by atoms with Crippen molar-refractivity contribution in [1.29, 1.82) is 0 Å². The molecule has 0 radical (unpaired) electrons. The van der Waals surface area contributed by atoms with E-state index < -0.39 is 0 Å². The van der Waals surface area contributed by atoms with Crippen LogP contribution in [0.3, 0.4) is 0 Å². The molecular formula is C16H25N3O. The zero-order chi connectivity index (χ0) is 14.4. The standard InChI is InChI=1S/C16H25N3O/c1-3-17-15-10-12(2)18-11-14(15)16(20)19-13-8-6-4-5-7-9-13/h10-11,13H,3-9H2,1-2H3,(H,17,18)(H,19,20). The minimum absolute atomic E-state index is 0.000324. The van der Waals surface area contributed by atoms with Gasteiger partial charge in [0.15, 0.2) is 0 Å². The van der Waals surface area contributed by atoms with E-state index in [-0.39, 0.29) is 5.91 Å². The molecule has 1 amide bonds. The van der Waals surface area contributed by atoms with E-state index in [9.17, 15) is 4.79 Å². The van der Waals surface area contributed by atoms with Crippen LogP contribution in [0.1, 0.15) is 61.5 Å². The van der Waals surface area contributed by atoms with Crippen LogP contribution in [-0.4, -0.2) is 23.5 Å². The van der Waals surface area contributed by atoms with Crippen LogP contribution in [-0.2, 0) is 0 Å². The summed E-state index contributed by atoms with van der Waals surface area (Å²) >= 11 is 0. The Morgan fingerprint density at radius 2 is 2.00 bits per heavy atom. The van der Waals surface area contributed by atoms with Crippen molar-refractivity contribution in [3.8, 4) is 0 Å². The third kappa shape index (κ3) is 3.95. The summed E-state index contributed by atoms with van der Waals surface area (Å²) in [5.74, 6) is 0.000324. The number of anilines is 1. The summed E-state index contributed by atoms with van der Waals surface area (Å²) in [5, 5.41) is 6.42. The van der Waals surface area contributed by atoms with E-state index in [1.165, 1.54) is 25.7 Å². The SMILES string of the molecule is CCNc1cc(C)ncc1C(=O)NC1CCCCCC1. The maximum Gasteiger partial charge on any atom is 0.255 e. The van der Waals surface area contributed by atoms with Crippen molar-refractivity contribution < 1.29 is 4.79 Å². The number of rotatable bonds is 4. The topological polar surface area (TPSA) is 54.0 Å². The van der Waals surface area contributed by atoms with Gasteiger partial charge in [-0.05, 0) is 32.8 Å². The Bertz CT molecular complexity index is 451. The van der Waals surface area contributed by atoms with Gasteiger partial charge in [0.1, 0.15) is 0 Å².